The Morgan fingerprint density at radius 2 is 2.50 bits per heavy atom. The summed E-state index contributed by atoms with van der Waals surface area (Å²) in [4.78, 5) is 12.3. The highest BCUT2D eigenvalue weighted by Gasteiger charge is 2.08. The predicted molar refractivity (Wildman–Crippen MR) is 52.9 cm³/mol. The van der Waals surface area contributed by atoms with Crippen LogP contribution < -0.4 is 0 Å². The van der Waals surface area contributed by atoms with Crippen molar-refractivity contribution in [3.63, 3.8) is 0 Å². The summed E-state index contributed by atoms with van der Waals surface area (Å²) in [6, 6.07) is 1.72. The Morgan fingerprint density at radius 1 is 1.79 bits per heavy atom. The molecule has 0 atom stereocenters. The number of imidazole rings is 1. The van der Waals surface area contributed by atoms with Crippen LogP contribution in [0.4, 0.5) is 5.82 Å². The van der Waals surface area contributed by atoms with Crippen LogP contribution in [0.25, 0.3) is 0 Å². The summed E-state index contributed by atoms with van der Waals surface area (Å²) in [6.45, 7) is 0. The van der Waals surface area contributed by atoms with Gasteiger partial charge in [-0.05, 0) is 0 Å². The molecule has 14 heavy (non-hydrogen) atoms. The van der Waals surface area contributed by atoms with Crippen LogP contribution in [0.15, 0.2) is 11.3 Å². The van der Waals surface area contributed by atoms with Gasteiger partial charge in [0.05, 0.1) is 12.7 Å². The highest BCUT2D eigenvalue weighted by molar-refractivity contribution is 6.10. The summed E-state index contributed by atoms with van der Waals surface area (Å²) < 4.78 is 0. The smallest absolute Gasteiger partial charge is 0.181 e. The molecule has 0 saturated carbocycles. The second kappa shape index (κ2) is 4.18. The van der Waals surface area contributed by atoms with E-state index >= 15 is 0 Å². The predicted octanol–water partition coefficient (Wildman–Crippen LogP) is 0.523. The molecule has 1 aromatic rings. The van der Waals surface area contributed by atoms with Gasteiger partial charge in [0.15, 0.2) is 11.5 Å². The van der Waals surface area contributed by atoms with Crippen LogP contribution >= 0.6 is 0 Å². The zero-order valence-corrected chi connectivity index (χ0v) is 7.94. The Labute approximate surface area is 81.4 Å². The monoisotopic (exact) mass is 190 g/mol. The largest absolute Gasteiger partial charge is 0.369 e. The van der Waals surface area contributed by atoms with Crippen LogP contribution in [0.5, 0.6) is 0 Å². The Kier molecular flexibility index (Phi) is 2.97. The molecule has 6 nitrogen and oxygen atoms in total. The standard InChI is InChI=1S/C8H10N6/c1-14(2)5-13-8-7(6(10)3-9)11-4-12-8/h4-5,10H,1-2H3,(H,11,12)/b10-6?,13-5+. The molecule has 0 unspecified atom stereocenters. The lowest BCUT2D eigenvalue weighted by atomic mass is 10.3. The number of aromatic nitrogens is 2. The van der Waals surface area contributed by atoms with E-state index in [1.165, 1.54) is 6.33 Å². The average molecular weight is 190 g/mol. The lowest BCUT2D eigenvalue weighted by Crippen LogP contribution is -2.07. The van der Waals surface area contributed by atoms with Crippen LogP contribution in [-0.2, 0) is 0 Å². The van der Waals surface area contributed by atoms with Gasteiger partial charge in [-0.2, -0.15) is 5.26 Å². The van der Waals surface area contributed by atoms with Crippen molar-refractivity contribution in [1.82, 2.24) is 14.9 Å². The number of H-pyrrole nitrogens is 1. The van der Waals surface area contributed by atoms with Crippen molar-refractivity contribution in [2.75, 3.05) is 14.1 Å². The summed E-state index contributed by atoms with van der Waals surface area (Å²) in [5, 5.41) is 15.8. The molecule has 0 aromatic carbocycles. The molecule has 0 spiro atoms. The normalized spacial score (nSPS) is 10.1. The van der Waals surface area contributed by atoms with Gasteiger partial charge >= 0.3 is 0 Å². The number of nitrogens with zero attached hydrogens (tertiary/aromatic N) is 4. The molecule has 1 rings (SSSR count). The fourth-order valence-electron chi connectivity index (χ4n) is 0.795. The summed E-state index contributed by atoms with van der Waals surface area (Å²) in [5.74, 6) is 0.352. The maximum atomic E-state index is 8.52. The first-order valence-electron chi connectivity index (χ1n) is 3.88. The Hall–Kier alpha value is -2.16. The van der Waals surface area contributed by atoms with E-state index in [4.69, 9.17) is 10.7 Å². The highest BCUT2D eigenvalue weighted by Crippen LogP contribution is 2.12. The van der Waals surface area contributed by atoms with Crippen LogP contribution in [0.2, 0.25) is 0 Å². The van der Waals surface area contributed by atoms with Gasteiger partial charge in [-0.15, -0.1) is 0 Å². The summed E-state index contributed by atoms with van der Waals surface area (Å²) in [5.41, 5.74) is 0.166. The quantitative estimate of drug-likeness (QED) is 0.537. The zero-order chi connectivity index (χ0) is 10.6. The number of nitriles is 1. The molecule has 0 radical (unpaired) electrons. The van der Waals surface area contributed by atoms with Crippen LogP contribution in [0.1, 0.15) is 5.69 Å². The molecule has 0 fully saturated rings. The molecular weight excluding hydrogens is 180 g/mol. The number of aromatic amines is 1. The fourth-order valence-corrected chi connectivity index (χ4v) is 0.795. The number of nitrogens with one attached hydrogen (secondary N) is 2. The van der Waals surface area contributed by atoms with Crippen LogP contribution in [-0.4, -0.2) is 41.0 Å². The summed E-state index contributed by atoms with van der Waals surface area (Å²) in [6.07, 6.45) is 2.97. The van der Waals surface area contributed by atoms with Crippen molar-refractivity contribution >= 4 is 17.9 Å². The molecular formula is C8H10N6. The summed E-state index contributed by atoms with van der Waals surface area (Å²) in [7, 11) is 3.65. The molecule has 0 amide bonds. The van der Waals surface area contributed by atoms with E-state index in [-0.39, 0.29) is 5.71 Å². The maximum Gasteiger partial charge on any atom is 0.181 e. The Bertz CT molecular complexity index is 394. The molecule has 0 aliphatic carbocycles. The van der Waals surface area contributed by atoms with Gasteiger partial charge < -0.3 is 9.88 Å². The van der Waals surface area contributed by atoms with Crippen molar-refractivity contribution in [2.45, 2.75) is 0 Å². The highest BCUT2D eigenvalue weighted by atomic mass is 15.1. The third kappa shape index (κ3) is 2.17. The molecule has 0 saturated heterocycles. The second-order valence-corrected chi connectivity index (χ2v) is 2.80. The van der Waals surface area contributed by atoms with E-state index in [0.29, 0.717) is 11.5 Å². The van der Waals surface area contributed by atoms with Gasteiger partial charge in [0.25, 0.3) is 0 Å². The van der Waals surface area contributed by atoms with Crippen LogP contribution in [0.3, 0.4) is 0 Å². The lowest BCUT2D eigenvalue weighted by molar-refractivity contribution is 0.643. The van der Waals surface area contributed by atoms with Gasteiger partial charge in [0.1, 0.15) is 11.8 Å². The first-order valence-corrected chi connectivity index (χ1v) is 3.88. The third-order valence-electron chi connectivity index (χ3n) is 1.39. The minimum atomic E-state index is -0.173. The van der Waals surface area contributed by atoms with E-state index in [0.717, 1.165) is 0 Å². The van der Waals surface area contributed by atoms with Crippen molar-refractivity contribution in [1.29, 1.82) is 10.7 Å². The van der Waals surface area contributed by atoms with Crippen molar-refractivity contribution < 1.29 is 0 Å². The molecule has 72 valence electrons. The molecule has 1 heterocycles. The SMILES string of the molecule is CN(C)/C=N/c1nc[nH]c1C(=N)C#N. The van der Waals surface area contributed by atoms with E-state index in [2.05, 4.69) is 15.0 Å². The summed E-state index contributed by atoms with van der Waals surface area (Å²) >= 11 is 0. The van der Waals surface area contributed by atoms with Crippen molar-refractivity contribution in [3.8, 4) is 6.07 Å². The van der Waals surface area contributed by atoms with E-state index in [1.54, 1.807) is 17.3 Å². The molecule has 1 aromatic heterocycles. The fraction of sp³-hybridized carbons (Fsp3) is 0.250. The van der Waals surface area contributed by atoms with Crippen molar-refractivity contribution in [2.24, 2.45) is 4.99 Å². The number of hydrogen-bond donors (Lipinski definition) is 2. The van der Waals surface area contributed by atoms with Crippen LogP contribution in [0, 0.1) is 16.7 Å². The van der Waals surface area contributed by atoms with E-state index in [9.17, 15) is 0 Å². The van der Waals surface area contributed by atoms with Gasteiger partial charge in [-0.3, -0.25) is 5.41 Å². The molecule has 6 heteroatoms. The van der Waals surface area contributed by atoms with Gasteiger partial charge in [-0.1, -0.05) is 0 Å². The molecule has 2 N–H and O–H groups in total. The van der Waals surface area contributed by atoms with E-state index in [1.807, 2.05) is 14.1 Å². The topological polar surface area (TPSA) is 91.9 Å². The van der Waals surface area contributed by atoms with Crippen molar-refractivity contribution in [3.05, 3.63) is 12.0 Å². The first-order chi connectivity index (χ1) is 6.65. The molecule has 0 bridgehead atoms. The lowest BCUT2D eigenvalue weighted by Gasteiger charge is -2.01. The third-order valence-corrected chi connectivity index (χ3v) is 1.39. The Morgan fingerprint density at radius 3 is 3.07 bits per heavy atom. The minimum absolute atomic E-state index is 0.173. The maximum absolute atomic E-state index is 8.52. The number of aliphatic imine (C=N–C) groups is 1. The van der Waals surface area contributed by atoms with E-state index < -0.39 is 0 Å². The zero-order valence-electron chi connectivity index (χ0n) is 7.94. The molecule has 0 aliphatic heterocycles. The average Bonchev–Trinajstić information content (AvgIpc) is 2.61. The second-order valence-electron chi connectivity index (χ2n) is 2.80. The van der Waals surface area contributed by atoms with Gasteiger partial charge in [0.2, 0.25) is 0 Å². The Balaban J connectivity index is 2.95. The number of rotatable bonds is 3. The minimum Gasteiger partial charge on any atom is -0.369 e. The first kappa shape index (κ1) is 9.92. The molecule has 0 aliphatic rings. The van der Waals surface area contributed by atoms with Gasteiger partial charge in [-0.25, -0.2) is 9.98 Å². The van der Waals surface area contributed by atoms with Gasteiger partial charge in [0, 0.05) is 14.1 Å². The number of hydrogen-bond acceptors (Lipinski definition) is 4.